The number of thioether (sulfide) groups is 1. The molecule has 0 bridgehead atoms. The van der Waals surface area contributed by atoms with Gasteiger partial charge in [-0.05, 0) is 36.8 Å². The molecule has 6 nitrogen and oxygen atoms in total. The number of anilines is 1. The maximum absolute atomic E-state index is 14.1. The third kappa shape index (κ3) is 4.30. The lowest BCUT2D eigenvalue weighted by Gasteiger charge is -2.24. The molecule has 2 aromatic carbocycles. The number of carbonyl (C=O) groups excluding carboxylic acids is 1. The molecule has 2 heterocycles. The summed E-state index contributed by atoms with van der Waals surface area (Å²) in [7, 11) is -3.18. The van der Waals surface area contributed by atoms with Crippen molar-refractivity contribution in [1.29, 1.82) is 0 Å². The van der Waals surface area contributed by atoms with Crippen LogP contribution >= 0.6 is 11.8 Å². The van der Waals surface area contributed by atoms with E-state index in [0.717, 1.165) is 0 Å². The van der Waals surface area contributed by atoms with Gasteiger partial charge >= 0.3 is 0 Å². The van der Waals surface area contributed by atoms with Crippen molar-refractivity contribution in [2.75, 3.05) is 23.0 Å². The van der Waals surface area contributed by atoms with E-state index >= 15 is 0 Å². The third-order valence-corrected chi connectivity index (χ3v) is 8.04. The van der Waals surface area contributed by atoms with E-state index in [-0.39, 0.29) is 29.4 Å². The zero-order chi connectivity index (χ0) is 20.6. The minimum absolute atomic E-state index is 0.0148. The minimum Gasteiger partial charge on any atom is -0.484 e. The number of ether oxygens (including phenoxy) is 1. The number of halogens is 1. The predicted octanol–water partition coefficient (Wildman–Crippen LogP) is 2.81. The van der Waals surface area contributed by atoms with Crippen molar-refractivity contribution in [3.63, 3.8) is 0 Å². The number of hydrogen-bond acceptors (Lipinski definition) is 5. The fourth-order valence-corrected chi connectivity index (χ4v) is 7.33. The highest BCUT2D eigenvalue weighted by molar-refractivity contribution is 8.16. The van der Waals surface area contributed by atoms with Gasteiger partial charge in [-0.1, -0.05) is 36.0 Å². The summed E-state index contributed by atoms with van der Waals surface area (Å²) in [5, 5.41) is 0.130. The van der Waals surface area contributed by atoms with Crippen LogP contribution in [0.4, 0.5) is 10.1 Å². The second kappa shape index (κ2) is 7.79. The van der Waals surface area contributed by atoms with E-state index in [0.29, 0.717) is 22.2 Å². The Labute approximate surface area is 172 Å². The van der Waals surface area contributed by atoms with Crippen LogP contribution in [-0.4, -0.2) is 48.9 Å². The molecule has 4 rings (SSSR count). The molecule has 152 valence electrons. The van der Waals surface area contributed by atoms with E-state index in [9.17, 15) is 17.6 Å². The maximum Gasteiger partial charge on any atom is 0.285 e. The summed E-state index contributed by atoms with van der Waals surface area (Å²) in [5.74, 6) is -0.360. The second-order valence-corrected chi connectivity index (χ2v) is 10.4. The zero-order valence-corrected chi connectivity index (χ0v) is 17.2. The van der Waals surface area contributed by atoms with Gasteiger partial charge in [0, 0.05) is 10.9 Å². The first kappa shape index (κ1) is 19.9. The van der Waals surface area contributed by atoms with E-state index < -0.39 is 21.6 Å². The van der Waals surface area contributed by atoms with Crippen LogP contribution in [-0.2, 0) is 14.6 Å². The van der Waals surface area contributed by atoms with Crippen LogP contribution < -0.4 is 9.64 Å². The zero-order valence-electron chi connectivity index (χ0n) is 15.6. The number of nitrogens with zero attached hydrogens (tertiary/aromatic N) is 2. The average Bonchev–Trinajstić information content (AvgIpc) is 3.14. The molecule has 0 N–H and O–H groups in total. The molecule has 29 heavy (non-hydrogen) atoms. The Morgan fingerprint density at radius 3 is 2.72 bits per heavy atom. The first-order chi connectivity index (χ1) is 13.8. The Hall–Kier alpha value is -2.39. The van der Waals surface area contributed by atoms with Crippen LogP contribution in [0.3, 0.4) is 0 Å². The highest BCUT2D eigenvalue weighted by Gasteiger charge is 2.49. The molecule has 2 aromatic rings. The Balaban J connectivity index is 1.59. The topological polar surface area (TPSA) is 76.0 Å². The summed E-state index contributed by atoms with van der Waals surface area (Å²) >= 11 is 1.24. The number of aliphatic imine (C=N–C) groups is 1. The maximum atomic E-state index is 14.1. The Morgan fingerprint density at radius 1 is 1.24 bits per heavy atom. The van der Waals surface area contributed by atoms with E-state index in [4.69, 9.17) is 4.74 Å². The monoisotopic (exact) mass is 434 g/mol. The quantitative estimate of drug-likeness (QED) is 0.737. The standard InChI is InChI=1S/C20H19FN2O4S2/c1-13-7-8-14(9-16(13)21)23-17-11-29(25,26)12-18(17)28-20(23)22-19(24)10-27-15-5-3-2-4-6-15/h2-9,17-18H,10-12H2,1H3/t17-,18+/m0/s1. The van der Waals surface area contributed by atoms with Gasteiger partial charge in [-0.2, -0.15) is 4.99 Å². The number of rotatable bonds is 4. The van der Waals surface area contributed by atoms with E-state index in [1.165, 1.54) is 17.8 Å². The lowest BCUT2D eigenvalue weighted by Crippen LogP contribution is -2.38. The molecule has 1 amide bonds. The van der Waals surface area contributed by atoms with E-state index in [2.05, 4.69) is 4.99 Å². The smallest absolute Gasteiger partial charge is 0.285 e. The lowest BCUT2D eigenvalue weighted by molar-refractivity contribution is -0.119. The first-order valence-corrected chi connectivity index (χ1v) is 11.7. The predicted molar refractivity (Wildman–Crippen MR) is 112 cm³/mol. The van der Waals surface area contributed by atoms with Crippen molar-refractivity contribution in [1.82, 2.24) is 0 Å². The van der Waals surface area contributed by atoms with Crippen molar-refractivity contribution in [2.45, 2.75) is 18.2 Å². The van der Waals surface area contributed by atoms with Crippen molar-refractivity contribution < 1.29 is 22.3 Å². The normalized spacial score (nSPS) is 23.9. The average molecular weight is 435 g/mol. The number of carbonyl (C=O) groups is 1. The first-order valence-electron chi connectivity index (χ1n) is 9.04. The summed E-state index contributed by atoms with van der Waals surface area (Å²) in [6, 6.07) is 13.2. The molecule has 0 unspecified atom stereocenters. The number of para-hydroxylation sites is 1. The number of fused-ring (bicyclic) bond motifs is 1. The summed E-state index contributed by atoms with van der Waals surface area (Å²) in [5.41, 5.74) is 0.975. The van der Waals surface area contributed by atoms with Gasteiger partial charge in [0.05, 0.1) is 17.5 Å². The van der Waals surface area contributed by atoms with Crippen LogP contribution in [0.25, 0.3) is 0 Å². The highest BCUT2D eigenvalue weighted by atomic mass is 32.2. The van der Waals surface area contributed by atoms with Gasteiger partial charge in [0.2, 0.25) is 0 Å². The van der Waals surface area contributed by atoms with Crippen LogP contribution in [0.15, 0.2) is 53.5 Å². The molecule has 0 aliphatic carbocycles. The van der Waals surface area contributed by atoms with Gasteiger partial charge in [0.15, 0.2) is 21.6 Å². The highest BCUT2D eigenvalue weighted by Crippen LogP contribution is 2.41. The summed E-state index contributed by atoms with van der Waals surface area (Å²) in [6.07, 6.45) is 0. The second-order valence-electron chi connectivity index (χ2n) is 6.99. The number of aryl methyl sites for hydroxylation is 1. The fraction of sp³-hybridized carbons (Fsp3) is 0.300. The van der Waals surface area contributed by atoms with Crippen LogP contribution in [0.1, 0.15) is 5.56 Å². The Bertz CT molecular complexity index is 1070. The number of amides is 1. The molecule has 0 radical (unpaired) electrons. The molecular formula is C20H19FN2O4S2. The molecule has 0 spiro atoms. The fourth-order valence-electron chi connectivity index (χ4n) is 3.40. The number of hydrogen-bond donors (Lipinski definition) is 0. The van der Waals surface area contributed by atoms with E-state index in [1.807, 2.05) is 6.07 Å². The van der Waals surface area contributed by atoms with Gasteiger partial charge in [-0.15, -0.1) is 0 Å². The van der Waals surface area contributed by atoms with Gasteiger partial charge in [0.25, 0.3) is 5.91 Å². The van der Waals surface area contributed by atoms with Crippen LogP contribution in [0, 0.1) is 12.7 Å². The van der Waals surface area contributed by atoms with Crippen molar-refractivity contribution >= 4 is 38.4 Å². The largest absolute Gasteiger partial charge is 0.484 e. The molecule has 2 aliphatic heterocycles. The third-order valence-electron chi connectivity index (χ3n) is 4.83. The summed E-state index contributed by atoms with van der Waals surface area (Å²) in [4.78, 5) is 18.2. The SMILES string of the molecule is Cc1ccc(N2C(=NC(=O)COc3ccccc3)S[C@@H]3CS(=O)(=O)C[C@@H]32)cc1F. The molecular weight excluding hydrogens is 415 g/mol. The van der Waals surface area contributed by atoms with Crippen molar-refractivity contribution in [3.05, 3.63) is 59.9 Å². The van der Waals surface area contributed by atoms with Crippen LogP contribution in [0.5, 0.6) is 5.75 Å². The number of sulfone groups is 1. The van der Waals surface area contributed by atoms with Gasteiger partial charge in [-0.3, -0.25) is 4.79 Å². The molecule has 2 saturated heterocycles. The number of amidine groups is 1. The molecule has 0 aromatic heterocycles. The molecule has 2 fully saturated rings. The van der Waals surface area contributed by atoms with Crippen LogP contribution in [0.2, 0.25) is 0 Å². The summed E-state index contributed by atoms with van der Waals surface area (Å²) < 4.78 is 43.8. The lowest BCUT2D eigenvalue weighted by atomic mass is 10.1. The van der Waals surface area contributed by atoms with Gasteiger partial charge in [-0.25, -0.2) is 12.8 Å². The summed E-state index contributed by atoms with van der Waals surface area (Å²) in [6.45, 7) is 1.41. The van der Waals surface area contributed by atoms with Gasteiger partial charge in [0.1, 0.15) is 11.6 Å². The molecule has 2 atom stereocenters. The van der Waals surface area contributed by atoms with Gasteiger partial charge < -0.3 is 9.64 Å². The van der Waals surface area contributed by atoms with Crippen molar-refractivity contribution in [2.24, 2.45) is 4.99 Å². The minimum atomic E-state index is -3.18. The molecule has 0 saturated carbocycles. The number of benzene rings is 2. The van der Waals surface area contributed by atoms with Crippen molar-refractivity contribution in [3.8, 4) is 5.75 Å². The Morgan fingerprint density at radius 2 is 2.00 bits per heavy atom. The molecule has 2 aliphatic rings. The Kier molecular flexibility index (Phi) is 5.35. The van der Waals surface area contributed by atoms with E-state index in [1.54, 1.807) is 48.2 Å². The molecule has 9 heteroatoms.